The van der Waals surface area contributed by atoms with Crippen molar-refractivity contribution in [2.24, 2.45) is 0 Å². The van der Waals surface area contributed by atoms with Crippen molar-refractivity contribution in [3.05, 3.63) is 11.3 Å². The van der Waals surface area contributed by atoms with Gasteiger partial charge in [0.15, 0.2) is 8.32 Å². The highest BCUT2D eigenvalue weighted by atomic mass is 28.4. The number of anilines is 1. The van der Waals surface area contributed by atoms with E-state index in [1.54, 1.807) is 0 Å². The highest BCUT2D eigenvalue weighted by molar-refractivity contribution is 6.74. The number of nitrogens with two attached hydrogens (primary N) is 1. The van der Waals surface area contributed by atoms with Crippen molar-refractivity contribution in [1.29, 1.82) is 0 Å². The first-order valence-corrected chi connectivity index (χ1v) is 12.2. The highest BCUT2D eigenvalue weighted by Crippen LogP contribution is 2.43. The van der Waals surface area contributed by atoms with Crippen LogP contribution in [0.5, 0.6) is 0 Å². The van der Waals surface area contributed by atoms with Crippen molar-refractivity contribution in [1.82, 2.24) is 9.78 Å². The van der Waals surface area contributed by atoms with Gasteiger partial charge in [-0.25, -0.2) is 4.68 Å². The summed E-state index contributed by atoms with van der Waals surface area (Å²) in [5.74, 6) is 1.29. The van der Waals surface area contributed by atoms with Crippen molar-refractivity contribution < 1.29 is 4.43 Å². The Balaban J connectivity index is 2.15. The molecule has 0 aromatic carbocycles. The molecule has 5 heteroatoms. The molecule has 1 saturated carbocycles. The van der Waals surface area contributed by atoms with Crippen LogP contribution >= 0.6 is 0 Å². The van der Waals surface area contributed by atoms with Gasteiger partial charge in [-0.05, 0) is 65.1 Å². The third-order valence-corrected chi connectivity index (χ3v) is 10.4. The SMILES string of the molecule is Cc1c([C@H]2CC[C@@H](O[Si](C)(C)C(C)(C)C)C2)nn(C(C)(C)C)c1N. The van der Waals surface area contributed by atoms with Crippen LogP contribution in [0.3, 0.4) is 0 Å². The van der Waals surface area contributed by atoms with Crippen LogP contribution in [0.15, 0.2) is 0 Å². The summed E-state index contributed by atoms with van der Waals surface area (Å²) in [5.41, 5.74) is 8.59. The quantitative estimate of drug-likeness (QED) is 0.763. The third-order valence-electron chi connectivity index (χ3n) is 5.88. The van der Waals surface area contributed by atoms with Gasteiger partial charge in [-0.3, -0.25) is 0 Å². The second kappa shape index (κ2) is 6.17. The minimum absolute atomic E-state index is 0.0806. The summed E-state index contributed by atoms with van der Waals surface area (Å²) in [7, 11) is -1.70. The summed E-state index contributed by atoms with van der Waals surface area (Å²) in [6.45, 7) is 20.2. The summed E-state index contributed by atoms with van der Waals surface area (Å²) < 4.78 is 8.62. The van der Waals surface area contributed by atoms with Crippen LogP contribution in [0.2, 0.25) is 18.1 Å². The zero-order valence-corrected chi connectivity index (χ0v) is 18.2. The van der Waals surface area contributed by atoms with Gasteiger partial charge in [0.05, 0.1) is 11.2 Å². The molecule has 0 aliphatic heterocycles. The lowest BCUT2D eigenvalue weighted by molar-refractivity contribution is 0.186. The van der Waals surface area contributed by atoms with E-state index >= 15 is 0 Å². The Bertz CT molecular complexity index is 593. The molecular formula is C19H37N3OSi. The van der Waals surface area contributed by atoms with Gasteiger partial charge in [0.1, 0.15) is 5.82 Å². The van der Waals surface area contributed by atoms with E-state index < -0.39 is 8.32 Å². The summed E-state index contributed by atoms with van der Waals surface area (Å²) in [4.78, 5) is 0. The lowest BCUT2D eigenvalue weighted by atomic mass is 10.0. The second-order valence-electron chi connectivity index (χ2n) is 9.99. The van der Waals surface area contributed by atoms with Gasteiger partial charge in [-0.1, -0.05) is 20.8 Å². The van der Waals surface area contributed by atoms with Crippen molar-refractivity contribution in [3.63, 3.8) is 0 Å². The minimum Gasteiger partial charge on any atom is -0.414 e. The van der Waals surface area contributed by atoms with E-state index in [2.05, 4.69) is 61.6 Å². The molecule has 0 unspecified atom stereocenters. The Kier molecular flexibility index (Phi) is 5.01. The summed E-state index contributed by atoms with van der Waals surface area (Å²) in [6.07, 6.45) is 3.74. The molecule has 1 aliphatic carbocycles. The Morgan fingerprint density at radius 1 is 1.12 bits per heavy atom. The van der Waals surface area contributed by atoms with Crippen LogP contribution in [0.1, 0.15) is 78.0 Å². The molecule has 1 aromatic heterocycles. The summed E-state index contributed by atoms with van der Waals surface area (Å²) in [6, 6.07) is 0. The maximum absolute atomic E-state index is 6.63. The smallest absolute Gasteiger partial charge is 0.192 e. The van der Waals surface area contributed by atoms with Crippen LogP contribution in [0, 0.1) is 6.92 Å². The van der Waals surface area contributed by atoms with E-state index in [0.29, 0.717) is 12.0 Å². The Morgan fingerprint density at radius 3 is 2.17 bits per heavy atom. The molecule has 0 radical (unpaired) electrons. The Hall–Kier alpha value is -0.813. The van der Waals surface area contributed by atoms with Gasteiger partial charge in [0.25, 0.3) is 0 Å². The van der Waals surface area contributed by atoms with E-state index in [-0.39, 0.29) is 10.6 Å². The van der Waals surface area contributed by atoms with Crippen LogP contribution in [-0.4, -0.2) is 24.2 Å². The van der Waals surface area contributed by atoms with Gasteiger partial charge in [0.2, 0.25) is 0 Å². The van der Waals surface area contributed by atoms with Gasteiger partial charge < -0.3 is 10.2 Å². The molecule has 24 heavy (non-hydrogen) atoms. The van der Waals surface area contributed by atoms with Crippen LogP contribution in [0.4, 0.5) is 5.82 Å². The van der Waals surface area contributed by atoms with Crippen molar-refractivity contribution in [2.75, 3.05) is 5.73 Å². The number of hydrogen-bond acceptors (Lipinski definition) is 3. The largest absolute Gasteiger partial charge is 0.414 e. The van der Waals surface area contributed by atoms with Gasteiger partial charge in [-0.15, -0.1) is 0 Å². The number of hydrogen-bond donors (Lipinski definition) is 1. The number of rotatable bonds is 3. The molecule has 2 rings (SSSR count). The van der Waals surface area contributed by atoms with Gasteiger partial charge in [0, 0.05) is 17.6 Å². The maximum Gasteiger partial charge on any atom is 0.192 e. The molecule has 1 fully saturated rings. The van der Waals surface area contributed by atoms with E-state index in [0.717, 1.165) is 30.6 Å². The van der Waals surface area contributed by atoms with Gasteiger partial charge >= 0.3 is 0 Å². The maximum atomic E-state index is 6.63. The molecule has 1 aliphatic rings. The molecular weight excluding hydrogens is 314 g/mol. The van der Waals surface area contributed by atoms with E-state index in [9.17, 15) is 0 Å². The predicted molar refractivity (Wildman–Crippen MR) is 105 cm³/mol. The average molecular weight is 352 g/mol. The zero-order valence-electron chi connectivity index (χ0n) is 17.2. The Morgan fingerprint density at radius 2 is 1.71 bits per heavy atom. The first-order valence-electron chi connectivity index (χ1n) is 9.27. The molecule has 138 valence electrons. The highest BCUT2D eigenvalue weighted by Gasteiger charge is 2.41. The Labute approximate surface area is 149 Å². The van der Waals surface area contributed by atoms with Crippen LogP contribution in [-0.2, 0) is 9.96 Å². The zero-order chi connectivity index (χ0) is 18.5. The standard InChI is InChI=1S/C19H37N3OSi/c1-13-16(21-22(17(13)20)18(2,3)4)14-10-11-15(12-14)23-24(8,9)19(5,6)7/h14-15H,10-12,20H2,1-9H3/t14-,15+/m0/s1. The van der Waals surface area contributed by atoms with Crippen LogP contribution < -0.4 is 5.73 Å². The number of nitrogen functional groups attached to an aromatic ring is 1. The lowest BCUT2D eigenvalue weighted by Crippen LogP contribution is -2.43. The molecule has 2 atom stereocenters. The monoisotopic (exact) mass is 351 g/mol. The molecule has 0 saturated heterocycles. The molecule has 0 spiro atoms. The topological polar surface area (TPSA) is 53.1 Å². The fraction of sp³-hybridized carbons (Fsp3) is 0.842. The molecule has 0 amide bonds. The summed E-state index contributed by atoms with van der Waals surface area (Å²) in [5, 5.41) is 5.15. The molecule has 0 bridgehead atoms. The molecule has 1 heterocycles. The first kappa shape index (κ1) is 19.5. The van der Waals surface area contributed by atoms with Crippen molar-refractivity contribution in [3.8, 4) is 0 Å². The van der Waals surface area contributed by atoms with Crippen LogP contribution in [0.25, 0.3) is 0 Å². The van der Waals surface area contributed by atoms with Crippen molar-refractivity contribution in [2.45, 2.75) is 103 Å². The number of nitrogens with zero attached hydrogens (tertiary/aromatic N) is 2. The lowest BCUT2D eigenvalue weighted by Gasteiger charge is -2.38. The average Bonchev–Trinajstić information content (AvgIpc) is 2.93. The normalized spacial score (nSPS) is 23.0. The fourth-order valence-corrected chi connectivity index (χ4v) is 4.72. The molecule has 2 N–H and O–H groups in total. The first-order chi connectivity index (χ1) is 10.7. The van der Waals surface area contributed by atoms with E-state index in [4.69, 9.17) is 15.3 Å². The second-order valence-corrected chi connectivity index (χ2v) is 14.7. The summed E-state index contributed by atoms with van der Waals surface area (Å²) >= 11 is 0. The number of aromatic nitrogens is 2. The minimum atomic E-state index is -1.70. The van der Waals surface area contributed by atoms with Gasteiger partial charge in [-0.2, -0.15) is 5.10 Å². The van der Waals surface area contributed by atoms with E-state index in [1.165, 1.54) is 5.69 Å². The predicted octanol–water partition coefficient (Wildman–Crippen LogP) is 5.19. The van der Waals surface area contributed by atoms with E-state index in [1.807, 2.05) is 4.68 Å². The fourth-order valence-electron chi connectivity index (χ4n) is 3.31. The molecule has 1 aromatic rings. The van der Waals surface area contributed by atoms with Crippen molar-refractivity contribution >= 4 is 14.1 Å². The molecule has 4 nitrogen and oxygen atoms in total. The third kappa shape index (κ3) is 3.72.